The third kappa shape index (κ3) is 3.44. The van der Waals surface area contributed by atoms with Gasteiger partial charge < -0.3 is 14.4 Å². The highest BCUT2D eigenvalue weighted by Crippen LogP contribution is 2.31. The van der Waals surface area contributed by atoms with E-state index in [1.807, 2.05) is 36.2 Å². The molecule has 0 unspecified atom stereocenters. The fourth-order valence-electron chi connectivity index (χ4n) is 2.86. The summed E-state index contributed by atoms with van der Waals surface area (Å²) < 4.78 is 33.8. The lowest BCUT2D eigenvalue weighted by Crippen LogP contribution is -2.17. The molecule has 0 amide bonds. The molecule has 144 valence electrons. The molecule has 4 rings (SSSR count). The Labute approximate surface area is 162 Å². The Morgan fingerprint density at radius 2 is 1.86 bits per heavy atom. The molecule has 0 saturated heterocycles. The van der Waals surface area contributed by atoms with Crippen LogP contribution in [0.2, 0.25) is 0 Å². The second kappa shape index (κ2) is 7.01. The number of rotatable bonds is 5. The Morgan fingerprint density at radius 3 is 2.54 bits per heavy atom. The van der Waals surface area contributed by atoms with Crippen molar-refractivity contribution in [1.82, 2.24) is 15.2 Å². The summed E-state index contributed by atoms with van der Waals surface area (Å²) in [5.41, 5.74) is 2.43. The number of benzene rings is 2. The number of hydrogen-bond acceptors (Lipinski definition) is 7. The van der Waals surface area contributed by atoms with Gasteiger partial charge in [0.25, 0.3) is 0 Å². The van der Waals surface area contributed by atoms with Crippen LogP contribution >= 0.6 is 0 Å². The van der Waals surface area contributed by atoms with Gasteiger partial charge in [-0.1, -0.05) is 12.1 Å². The molecular formula is C19H18N4O4S. The van der Waals surface area contributed by atoms with Crippen LogP contribution in [0.3, 0.4) is 0 Å². The summed E-state index contributed by atoms with van der Waals surface area (Å²) in [6.07, 6.45) is 2.74. The quantitative estimate of drug-likeness (QED) is 0.706. The molecule has 0 spiro atoms. The van der Waals surface area contributed by atoms with Crippen LogP contribution < -0.4 is 4.90 Å². The number of ether oxygens (including phenoxy) is 2. The number of nitrogens with one attached hydrogen (secondary N) is 1. The van der Waals surface area contributed by atoms with E-state index in [-0.39, 0.29) is 11.7 Å². The maximum atomic E-state index is 11.6. The second-order valence-electron chi connectivity index (χ2n) is 6.27. The maximum Gasteiger partial charge on any atom is 0.232 e. The summed E-state index contributed by atoms with van der Waals surface area (Å²) in [4.78, 5) is 6.70. The number of para-hydroxylation sites is 1. The predicted molar refractivity (Wildman–Crippen MR) is 104 cm³/mol. The van der Waals surface area contributed by atoms with E-state index >= 15 is 0 Å². The first-order chi connectivity index (χ1) is 13.4. The van der Waals surface area contributed by atoms with E-state index in [9.17, 15) is 8.42 Å². The highest BCUT2D eigenvalue weighted by atomic mass is 32.2. The van der Waals surface area contributed by atoms with Crippen LogP contribution in [0.1, 0.15) is 0 Å². The molecule has 1 N–H and O–H groups in total. The van der Waals surface area contributed by atoms with Crippen molar-refractivity contribution in [2.75, 3.05) is 25.0 Å². The van der Waals surface area contributed by atoms with E-state index in [4.69, 9.17) is 9.47 Å². The first kappa shape index (κ1) is 18.1. The van der Waals surface area contributed by atoms with Crippen molar-refractivity contribution in [2.45, 2.75) is 4.90 Å². The summed E-state index contributed by atoms with van der Waals surface area (Å²) in [5.74, 6) is 1.67. The van der Waals surface area contributed by atoms with Crippen LogP contribution in [0.5, 0.6) is 0 Å². The van der Waals surface area contributed by atoms with Crippen molar-refractivity contribution in [2.24, 2.45) is 0 Å². The summed E-state index contributed by atoms with van der Waals surface area (Å²) in [6, 6.07) is 14.2. The number of aromatic amines is 1. The van der Waals surface area contributed by atoms with Crippen molar-refractivity contribution in [1.29, 1.82) is 0 Å². The van der Waals surface area contributed by atoms with Crippen LogP contribution in [0.4, 0.5) is 5.69 Å². The molecular weight excluding hydrogens is 380 g/mol. The third-order valence-electron chi connectivity index (χ3n) is 4.34. The molecule has 0 saturated carbocycles. The smallest absolute Gasteiger partial charge is 0.232 e. The van der Waals surface area contributed by atoms with Crippen LogP contribution in [-0.4, -0.2) is 43.7 Å². The molecule has 0 atom stereocenters. The van der Waals surface area contributed by atoms with Gasteiger partial charge in [-0.3, -0.25) is 5.10 Å². The molecule has 2 aromatic carbocycles. The van der Waals surface area contributed by atoms with E-state index in [2.05, 4.69) is 15.2 Å². The molecule has 3 aromatic rings. The number of nitrogens with zero attached hydrogens (tertiary/aromatic N) is 3. The lowest BCUT2D eigenvalue weighted by molar-refractivity contribution is 0.0791. The number of H-pyrrole nitrogens is 1. The van der Waals surface area contributed by atoms with E-state index in [1.54, 1.807) is 30.5 Å². The van der Waals surface area contributed by atoms with E-state index in [0.29, 0.717) is 17.5 Å². The zero-order valence-electron chi connectivity index (χ0n) is 15.3. The summed E-state index contributed by atoms with van der Waals surface area (Å²) in [7, 11) is -1.37. The van der Waals surface area contributed by atoms with Gasteiger partial charge in [-0.15, -0.1) is 0 Å². The summed E-state index contributed by atoms with van der Waals surface area (Å²) in [5, 5.41) is 7.23. The zero-order valence-corrected chi connectivity index (χ0v) is 16.1. The van der Waals surface area contributed by atoms with Crippen LogP contribution in [-0.2, 0) is 19.3 Å². The molecule has 0 radical (unpaired) electrons. The van der Waals surface area contributed by atoms with E-state index < -0.39 is 9.84 Å². The number of sulfone groups is 1. The van der Waals surface area contributed by atoms with E-state index in [0.717, 1.165) is 16.8 Å². The molecule has 2 heterocycles. The Bertz CT molecular complexity index is 1140. The Hall–Kier alpha value is -3.33. The monoisotopic (exact) mass is 398 g/mol. The topological polar surface area (TPSA) is 97.4 Å². The minimum Gasteiger partial charge on any atom is -0.459 e. The molecule has 1 aliphatic heterocycles. The highest BCUT2D eigenvalue weighted by molar-refractivity contribution is 7.90. The van der Waals surface area contributed by atoms with Crippen molar-refractivity contribution < 1.29 is 17.9 Å². The third-order valence-corrected chi connectivity index (χ3v) is 5.46. The maximum absolute atomic E-state index is 11.6. The fraction of sp³-hybridized carbons (Fsp3) is 0.158. The Balaban J connectivity index is 1.67. The molecule has 28 heavy (non-hydrogen) atoms. The Kier molecular flexibility index (Phi) is 4.52. The summed E-state index contributed by atoms with van der Waals surface area (Å²) >= 11 is 0. The molecule has 1 aliphatic rings. The molecule has 1 aromatic heterocycles. The van der Waals surface area contributed by atoms with Gasteiger partial charge in [-0.05, 0) is 36.4 Å². The first-order valence-corrected chi connectivity index (χ1v) is 10.3. The Morgan fingerprint density at radius 1 is 1.11 bits per heavy atom. The molecule has 0 fully saturated rings. The van der Waals surface area contributed by atoms with Crippen molar-refractivity contribution >= 4 is 15.5 Å². The van der Waals surface area contributed by atoms with Gasteiger partial charge in [0.2, 0.25) is 12.7 Å². The van der Waals surface area contributed by atoms with Gasteiger partial charge in [0.05, 0.1) is 10.6 Å². The van der Waals surface area contributed by atoms with Gasteiger partial charge in [-0.2, -0.15) is 5.10 Å². The van der Waals surface area contributed by atoms with Crippen LogP contribution in [0.25, 0.3) is 22.8 Å². The van der Waals surface area contributed by atoms with E-state index in [1.165, 1.54) is 6.26 Å². The van der Waals surface area contributed by atoms with Gasteiger partial charge in [0, 0.05) is 24.4 Å². The van der Waals surface area contributed by atoms with Crippen molar-refractivity contribution in [3.8, 4) is 22.8 Å². The molecule has 0 bridgehead atoms. The SMILES string of the molecule is CN(C1=COCO1)c1ccccc1-c1nc(-c2ccc(S(C)(=O)=O)cc2)n[nH]1. The average Bonchev–Trinajstić information content (AvgIpc) is 3.39. The van der Waals surface area contributed by atoms with Crippen molar-refractivity contribution in [3.63, 3.8) is 0 Å². The standard InChI is InChI=1S/C19H18N4O4S/c1-23(17-11-26-12-27-17)16-6-4-3-5-15(16)19-20-18(21-22-19)13-7-9-14(10-8-13)28(2,24)25/h3-11H,12H2,1-2H3,(H,20,21,22). The zero-order chi connectivity index (χ0) is 19.7. The number of anilines is 1. The molecule has 0 aliphatic carbocycles. The normalized spacial score (nSPS) is 13.6. The highest BCUT2D eigenvalue weighted by Gasteiger charge is 2.19. The minimum absolute atomic E-state index is 0.192. The lowest BCUT2D eigenvalue weighted by Gasteiger charge is -2.20. The lowest BCUT2D eigenvalue weighted by atomic mass is 10.1. The van der Waals surface area contributed by atoms with Gasteiger partial charge >= 0.3 is 0 Å². The second-order valence-corrected chi connectivity index (χ2v) is 8.28. The van der Waals surface area contributed by atoms with Gasteiger partial charge in [0.1, 0.15) is 6.26 Å². The average molecular weight is 398 g/mol. The van der Waals surface area contributed by atoms with Crippen LogP contribution in [0.15, 0.2) is 65.6 Å². The first-order valence-electron chi connectivity index (χ1n) is 8.44. The minimum atomic E-state index is -3.24. The molecule has 8 nitrogen and oxygen atoms in total. The number of hydrogen-bond donors (Lipinski definition) is 1. The van der Waals surface area contributed by atoms with Crippen molar-refractivity contribution in [3.05, 3.63) is 60.7 Å². The largest absolute Gasteiger partial charge is 0.459 e. The summed E-state index contributed by atoms with van der Waals surface area (Å²) in [6.45, 7) is 0.192. The molecule has 9 heteroatoms. The fourth-order valence-corrected chi connectivity index (χ4v) is 3.49. The van der Waals surface area contributed by atoms with Gasteiger partial charge in [-0.25, -0.2) is 13.4 Å². The predicted octanol–water partition coefficient (Wildman–Crippen LogP) is 2.78. The number of aromatic nitrogens is 3. The van der Waals surface area contributed by atoms with Crippen LogP contribution in [0, 0.1) is 0 Å². The van der Waals surface area contributed by atoms with Gasteiger partial charge in [0.15, 0.2) is 21.5 Å².